The maximum Gasteiger partial charge on any atom is 0.0899 e. The second-order valence-corrected chi connectivity index (χ2v) is 5.13. The van der Waals surface area contributed by atoms with Gasteiger partial charge in [-0.05, 0) is 31.0 Å². The molecular formula is C17H28ClNO2. The molecular weight excluding hydrogens is 286 g/mol. The third-order valence-corrected chi connectivity index (χ3v) is 3.51. The summed E-state index contributed by atoms with van der Waals surface area (Å²) in [6.07, 6.45) is 7.81. The molecule has 120 valence electrons. The molecule has 0 saturated carbocycles. The van der Waals surface area contributed by atoms with Crippen LogP contribution < -0.4 is 5.32 Å². The van der Waals surface area contributed by atoms with Crippen LogP contribution in [0.25, 0.3) is 6.08 Å². The first-order valence-electron chi connectivity index (χ1n) is 7.44. The van der Waals surface area contributed by atoms with E-state index in [1.165, 1.54) is 24.8 Å². The first-order chi connectivity index (χ1) is 9.71. The molecule has 2 atom stereocenters. The van der Waals surface area contributed by atoms with Gasteiger partial charge < -0.3 is 15.5 Å². The zero-order valence-electron chi connectivity index (χ0n) is 13.0. The lowest BCUT2D eigenvalue weighted by atomic mass is 10.0. The van der Waals surface area contributed by atoms with Crippen molar-refractivity contribution >= 4 is 18.5 Å². The molecule has 1 aromatic rings. The van der Waals surface area contributed by atoms with Crippen molar-refractivity contribution in [3.8, 4) is 0 Å². The largest absolute Gasteiger partial charge is 0.395 e. The van der Waals surface area contributed by atoms with Crippen LogP contribution >= 0.6 is 12.4 Å². The molecule has 1 rings (SSSR count). The Bertz CT molecular complexity index is 388. The van der Waals surface area contributed by atoms with E-state index in [-0.39, 0.29) is 25.1 Å². The molecule has 0 aromatic heterocycles. The summed E-state index contributed by atoms with van der Waals surface area (Å²) in [5.41, 5.74) is 2.43. The van der Waals surface area contributed by atoms with Crippen LogP contribution in [0.4, 0.5) is 0 Å². The molecule has 0 unspecified atom stereocenters. The van der Waals surface area contributed by atoms with E-state index in [1.54, 1.807) is 13.1 Å². The highest BCUT2D eigenvalue weighted by atomic mass is 35.5. The summed E-state index contributed by atoms with van der Waals surface area (Å²) < 4.78 is 0. The first kappa shape index (κ1) is 20.1. The number of aryl methyl sites for hydroxylation is 1. The molecule has 0 amide bonds. The second kappa shape index (κ2) is 11.8. The average molecular weight is 314 g/mol. The number of likely N-dealkylation sites (N-methyl/N-ethyl adjacent to an activating group) is 1. The number of unbranched alkanes of at least 4 members (excludes halogenated alkanes) is 2. The molecule has 0 spiro atoms. The number of aliphatic hydroxyl groups is 2. The van der Waals surface area contributed by atoms with Crippen molar-refractivity contribution in [2.75, 3.05) is 13.7 Å². The predicted molar refractivity (Wildman–Crippen MR) is 91.9 cm³/mol. The van der Waals surface area contributed by atoms with Gasteiger partial charge in [-0.15, -0.1) is 12.4 Å². The smallest absolute Gasteiger partial charge is 0.0899 e. The number of nitrogens with one attached hydrogen (secondary N) is 1. The molecule has 0 aliphatic carbocycles. The Morgan fingerprint density at radius 3 is 2.38 bits per heavy atom. The number of rotatable bonds is 9. The van der Waals surface area contributed by atoms with Gasteiger partial charge in [-0.25, -0.2) is 0 Å². The number of benzene rings is 1. The van der Waals surface area contributed by atoms with Crippen LogP contribution in [-0.2, 0) is 6.42 Å². The lowest BCUT2D eigenvalue weighted by molar-refractivity contribution is 0.128. The first-order valence-corrected chi connectivity index (χ1v) is 7.44. The zero-order chi connectivity index (χ0) is 14.8. The molecule has 0 heterocycles. The minimum Gasteiger partial charge on any atom is -0.395 e. The number of hydrogen-bond donors (Lipinski definition) is 3. The third kappa shape index (κ3) is 7.63. The third-order valence-electron chi connectivity index (χ3n) is 3.51. The summed E-state index contributed by atoms with van der Waals surface area (Å²) in [5, 5.41) is 21.8. The Morgan fingerprint density at radius 2 is 1.86 bits per heavy atom. The Hall–Kier alpha value is -0.870. The summed E-state index contributed by atoms with van der Waals surface area (Å²) in [7, 11) is 1.73. The highest BCUT2D eigenvalue weighted by molar-refractivity contribution is 5.85. The van der Waals surface area contributed by atoms with Crippen LogP contribution in [0.1, 0.15) is 37.3 Å². The van der Waals surface area contributed by atoms with Crippen LogP contribution in [-0.4, -0.2) is 36.0 Å². The van der Waals surface area contributed by atoms with Crippen molar-refractivity contribution in [2.45, 2.75) is 44.8 Å². The molecule has 0 saturated heterocycles. The minimum atomic E-state index is -0.686. The molecule has 0 bridgehead atoms. The monoisotopic (exact) mass is 313 g/mol. The number of aliphatic hydroxyl groups excluding tert-OH is 2. The maximum atomic E-state index is 9.86. The Labute approximate surface area is 134 Å². The predicted octanol–water partition coefficient (Wildman–Crippen LogP) is 2.80. The van der Waals surface area contributed by atoms with E-state index >= 15 is 0 Å². The lowest BCUT2D eigenvalue weighted by Crippen LogP contribution is -2.39. The van der Waals surface area contributed by atoms with Crippen molar-refractivity contribution in [3.63, 3.8) is 0 Å². The van der Waals surface area contributed by atoms with Gasteiger partial charge in [-0.2, -0.15) is 0 Å². The van der Waals surface area contributed by atoms with Gasteiger partial charge in [0, 0.05) is 0 Å². The van der Waals surface area contributed by atoms with Crippen molar-refractivity contribution in [1.29, 1.82) is 0 Å². The van der Waals surface area contributed by atoms with Crippen LogP contribution in [0.3, 0.4) is 0 Å². The van der Waals surface area contributed by atoms with E-state index in [2.05, 4.69) is 36.5 Å². The highest BCUT2D eigenvalue weighted by Crippen LogP contribution is 2.10. The molecule has 0 fully saturated rings. The maximum absolute atomic E-state index is 9.86. The number of hydrogen-bond acceptors (Lipinski definition) is 3. The SMILES string of the molecule is CCCCCc1ccc(C=C[C@H](O)[C@@H](CO)NC)cc1.Cl. The van der Waals surface area contributed by atoms with E-state index in [1.807, 2.05) is 6.08 Å². The second-order valence-electron chi connectivity index (χ2n) is 5.13. The fraction of sp³-hybridized carbons (Fsp3) is 0.529. The van der Waals surface area contributed by atoms with E-state index in [4.69, 9.17) is 5.11 Å². The van der Waals surface area contributed by atoms with Gasteiger partial charge in [0.25, 0.3) is 0 Å². The molecule has 1 aromatic carbocycles. The van der Waals surface area contributed by atoms with E-state index in [0.717, 1.165) is 12.0 Å². The van der Waals surface area contributed by atoms with Gasteiger partial charge in [0.05, 0.1) is 18.8 Å². The van der Waals surface area contributed by atoms with Crippen LogP contribution in [0.2, 0.25) is 0 Å². The normalized spacial score (nSPS) is 13.9. The Kier molecular flexibility index (Phi) is 11.3. The van der Waals surface area contributed by atoms with Crippen LogP contribution in [0, 0.1) is 0 Å². The van der Waals surface area contributed by atoms with Crippen molar-refractivity contribution in [2.24, 2.45) is 0 Å². The van der Waals surface area contributed by atoms with Crippen molar-refractivity contribution in [1.82, 2.24) is 5.32 Å². The van der Waals surface area contributed by atoms with Gasteiger partial charge in [-0.1, -0.05) is 56.2 Å². The molecule has 4 heteroatoms. The summed E-state index contributed by atoms with van der Waals surface area (Å²) in [5.74, 6) is 0. The quantitative estimate of drug-likeness (QED) is 0.614. The molecule has 0 radical (unpaired) electrons. The summed E-state index contributed by atoms with van der Waals surface area (Å²) in [4.78, 5) is 0. The topological polar surface area (TPSA) is 52.5 Å². The van der Waals surface area contributed by atoms with Gasteiger partial charge in [0.1, 0.15) is 0 Å². The molecule has 3 N–H and O–H groups in total. The Balaban J connectivity index is 0.00000400. The van der Waals surface area contributed by atoms with Gasteiger partial charge in [0.15, 0.2) is 0 Å². The van der Waals surface area contributed by atoms with E-state index < -0.39 is 6.10 Å². The number of halogens is 1. The standard InChI is InChI=1S/C17H27NO2.ClH/c1-3-4-5-6-14-7-9-15(10-8-14)11-12-17(20)16(13-19)18-2;/h7-12,16-20H,3-6,13H2,1-2H3;1H/t16-,17+;/m1./s1. The Morgan fingerprint density at radius 1 is 1.19 bits per heavy atom. The van der Waals surface area contributed by atoms with Crippen molar-refractivity contribution < 1.29 is 10.2 Å². The van der Waals surface area contributed by atoms with Gasteiger partial charge >= 0.3 is 0 Å². The molecule has 3 nitrogen and oxygen atoms in total. The molecule has 0 aliphatic rings. The van der Waals surface area contributed by atoms with Crippen LogP contribution in [0.5, 0.6) is 0 Å². The van der Waals surface area contributed by atoms with E-state index in [9.17, 15) is 5.11 Å². The average Bonchev–Trinajstić information content (AvgIpc) is 2.48. The fourth-order valence-corrected chi connectivity index (χ4v) is 2.09. The van der Waals surface area contributed by atoms with Gasteiger partial charge in [0.2, 0.25) is 0 Å². The fourth-order valence-electron chi connectivity index (χ4n) is 2.09. The van der Waals surface area contributed by atoms with Crippen LogP contribution in [0.15, 0.2) is 30.3 Å². The summed E-state index contributed by atoms with van der Waals surface area (Å²) in [6.45, 7) is 2.13. The van der Waals surface area contributed by atoms with Gasteiger partial charge in [-0.3, -0.25) is 0 Å². The van der Waals surface area contributed by atoms with E-state index in [0.29, 0.717) is 0 Å². The summed E-state index contributed by atoms with van der Waals surface area (Å²) >= 11 is 0. The summed E-state index contributed by atoms with van der Waals surface area (Å²) in [6, 6.07) is 8.10. The van der Waals surface area contributed by atoms with Crippen molar-refractivity contribution in [3.05, 3.63) is 41.5 Å². The lowest BCUT2D eigenvalue weighted by Gasteiger charge is -2.16. The minimum absolute atomic E-state index is 0. The zero-order valence-corrected chi connectivity index (χ0v) is 13.8. The molecule has 21 heavy (non-hydrogen) atoms. The molecule has 0 aliphatic heterocycles. The highest BCUT2D eigenvalue weighted by Gasteiger charge is 2.12.